The van der Waals surface area contributed by atoms with Crippen molar-refractivity contribution in [1.29, 1.82) is 0 Å². The summed E-state index contributed by atoms with van der Waals surface area (Å²) in [4.78, 5) is 0. The number of hydrogen-bond donors (Lipinski definition) is 1. The quantitative estimate of drug-likeness (QED) is 0.533. The second-order valence-corrected chi connectivity index (χ2v) is 5.60. The normalized spacial score (nSPS) is 12.4. The first-order chi connectivity index (χ1) is 9.54. The van der Waals surface area contributed by atoms with Crippen LogP contribution in [0.5, 0.6) is 5.75 Å². The summed E-state index contributed by atoms with van der Waals surface area (Å²) < 4.78 is 11.0. The number of hydrogen-bond acceptors (Lipinski definition) is 3. The van der Waals surface area contributed by atoms with Gasteiger partial charge >= 0.3 is 0 Å². The van der Waals surface area contributed by atoms with E-state index < -0.39 is 0 Å². The van der Waals surface area contributed by atoms with Crippen LogP contribution in [0.2, 0.25) is 15.1 Å². The van der Waals surface area contributed by atoms with E-state index in [-0.39, 0.29) is 6.10 Å². The zero-order valence-corrected chi connectivity index (χ0v) is 14.0. The zero-order valence-electron chi connectivity index (χ0n) is 11.7. The maximum atomic E-state index is 6.06. The Morgan fingerprint density at radius 3 is 2.55 bits per heavy atom. The van der Waals surface area contributed by atoms with Gasteiger partial charge in [-0.3, -0.25) is 0 Å². The average molecular weight is 341 g/mol. The summed E-state index contributed by atoms with van der Waals surface area (Å²) in [5, 5.41) is 4.62. The number of halogens is 3. The highest BCUT2D eigenvalue weighted by Gasteiger charge is 2.10. The van der Waals surface area contributed by atoms with E-state index in [0.29, 0.717) is 20.8 Å². The Kier molecular flexibility index (Phi) is 8.66. The van der Waals surface area contributed by atoms with Crippen LogP contribution in [-0.2, 0) is 4.74 Å². The summed E-state index contributed by atoms with van der Waals surface area (Å²) in [5.74, 6) is 0.546. The fraction of sp³-hybridized carbons (Fsp3) is 0.571. The minimum Gasteiger partial charge on any atom is -0.488 e. The molecule has 0 saturated carbocycles. The number of rotatable bonds is 9. The van der Waals surface area contributed by atoms with E-state index in [0.717, 1.165) is 32.7 Å². The minimum absolute atomic E-state index is 0.0168. The molecule has 114 valence electrons. The summed E-state index contributed by atoms with van der Waals surface area (Å²) >= 11 is 17.9. The lowest BCUT2D eigenvalue weighted by molar-refractivity contribution is 0.143. The monoisotopic (exact) mass is 339 g/mol. The third-order valence-electron chi connectivity index (χ3n) is 2.58. The van der Waals surface area contributed by atoms with Gasteiger partial charge in [-0.2, -0.15) is 0 Å². The number of nitrogens with one attached hydrogen (secondary N) is 1. The van der Waals surface area contributed by atoms with Crippen LogP contribution >= 0.6 is 34.8 Å². The van der Waals surface area contributed by atoms with E-state index in [2.05, 4.69) is 5.32 Å². The molecule has 0 aromatic heterocycles. The lowest BCUT2D eigenvalue weighted by Gasteiger charge is -2.17. The van der Waals surface area contributed by atoms with Crippen LogP contribution in [0.15, 0.2) is 12.1 Å². The van der Waals surface area contributed by atoms with Crippen LogP contribution in [0.3, 0.4) is 0 Å². The zero-order chi connectivity index (χ0) is 15.0. The van der Waals surface area contributed by atoms with Crippen LogP contribution in [0.25, 0.3) is 0 Å². The van der Waals surface area contributed by atoms with Gasteiger partial charge in [0.2, 0.25) is 0 Å². The molecule has 0 fully saturated rings. The maximum Gasteiger partial charge on any atom is 0.139 e. The van der Waals surface area contributed by atoms with Crippen LogP contribution in [0.4, 0.5) is 0 Å². The molecule has 0 aliphatic heterocycles. The molecule has 3 nitrogen and oxygen atoms in total. The van der Waals surface area contributed by atoms with E-state index in [1.807, 2.05) is 13.8 Å². The molecule has 1 atom stereocenters. The molecule has 0 bridgehead atoms. The molecule has 0 aliphatic rings. The third-order valence-corrected chi connectivity index (χ3v) is 3.60. The summed E-state index contributed by atoms with van der Waals surface area (Å²) in [6.07, 6.45) is 0.963. The molecular formula is C14H20Cl3NO2. The Morgan fingerprint density at radius 1 is 1.15 bits per heavy atom. The SMILES string of the molecule is CCOCCCNCC(C)Oc1cc(Cl)c(Cl)cc1Cl. The highest BCUT2D eigenvalue weighted by molar-refractivity contribution is 6.43. The van der Waals surface area contributed by atoms with Crippen molar-refractivity contribution in [2.24, 2.45) is 0 Å². The minimum atomic E-state index is -0.0168. The Labute approximate surface area is 135 Å². The summed E-state index contributed by atoms with van der Waals surface area (Å²) in [7, 11) is 0. The molecule has 0 amide bonds. The van der Waals surface area contributed by atoms with E-state index in [1.165, 1.54) is 0 Å². The molecule has 1 rings (SSSR count). The van der Waals surface area contributed by atoms with Crippen molar-refractivity contribution in [2.75, 3.05) is 26.3 Å². The fourth-order valence-corrected chi connectivity index (χ4v) is 2.18. The summed E-state index contributed by atoms with van der Waals surface area (Å²) in [6.45, 7) is 7.11. The number of benzene rings is 1. The van der Waals surface area contributed by atoms with Gasteiger partial charge < -0.3 is 14.8 Å². The molecule has 1 N–H and O–H groups in total. The molecule has 1 aromatic rings. The van der Waals surface area contributed by atoms with Crippen molar-refractivity contribution >= 4 is 34.8 Å². The molecule has 0 radical (unpaired) electrons. The molecule has 0 saturated heterocycles. The molecule has 0 heterocycles. The molecule has 0 aliphatic carbocycles. The highest BCUT2D eigenvalue weighted by Crippen LogP contribution is 2.34. The van der Waals surface area contributed by atoms with Gasteiger partial charge in [0.1, 0.15) is 11.9 Å². The van der Waals surface area contributed by atoms with Gasteiger partial charge in [0.25, 0.3) is 0 Å². The Balaban J connectivity index is 2.32. The molecule has 1 unspecified atom stereocenters. The first-order valence-corrected chi connectivity index (χ1v) is 7.77. The van der Waals surface area contributed by atoms with Gasteiger partial charge in [-0.1, -0.05) is 34.8 Å². The average Bonchev–Trinajstić information content (AvgIpc) is 2.40. The lowest BCUT2D eigenvalue weighted by Crippen LogP contribution is -2.30. The largest absolute Gasteiger partial charge is 0.488 e. The second kappa shape index (κ2) is 9.69. The highest BCUT2D eigenvalue weighted by atomic mass is 35.5. The lowest BCUT2D eigenvalue weighted by atomic mass is 10.3. The van der Waals surface area contributed by atoms with Crippen molar-refractivity contribution in [2.45, 2.75) is 26.4 Å². The van der Waals surface area contributed by atoms with Gasteiger partial charge in [0, 0.05) is 25.8 Å². The van der Waals surface area contributed by atoms with E-state index >= 15 is 0 Å². The maximum absolute atomic E-state index is 6.06. The Hall–Kier alpha value is -0.190. The third kappa shape index (κ3) is 6.51. The Morgan fingerprint density at radius 2 is 1.85 bits per heavy atom. The number of ether oxygens (including phenoxy) is 2. The fourth-order valence-electron chi connectivity index (χ4n) is 1.60. The first kappa shape index (κ1) is 17.9. The van der Waals surface area contributed by atoms with Crippen molar-refractivity contribution in [3.8, 4) is 5.75 Å². The van der Waals surface area contributed by atoms with E-state index in [1.54, 1.807) is 12.1 Å². The smallest absolute Gasteiger partial charge is 0.139 e. The topological polar surface area (TPSA) is 30.5 Å². The van der Waals surface area contributed by atoms with Crippen LogP contribution < -0.4 is 10.1 Å². The first-order valence-electron chi connectivity index (χ1n) is 6.64. The van der Waals surface area contributed by atoms with Crippen molar-refractivity contribution in [3.63, 3.8) is 0 Å². The van der Waals surface area contributed by atoms with E-state index in [9.17, 15) is 0 Å². The predicted molar refractivity (Wildman–Crippen MR) is 85.5 cm³/mol. The van der Waals surface area contributed by atoms with E-state index in [4.69, 9.17) is 44.3 Å². The summed E-state index contributed by atoms with van der Waals surface area (Å²) in [5.41, 5.74) is 0. The van der Waals surface area contributed by atoms with Crippen molar-refractivity contribution < 1.29 is 9.47 Å². The van der Waals surface area contributed by atoms with Gasteiger partial charge in [-0.05, 0) is 32.9 Å². The molecule has 1 aromatic carbocycles. The van der Waals surface area contributed by atoms with Gasteiger partial charge in [-0.25, -0.2) is 0 Å². The van der Waals surface area contributed by atoms with Gasteiger partial charge in [0.15, 0.2) is 0 Å². The van der Waals surface area contributed by atoms with Crippen molar-refractivity contribution in [1.82, 2.24) is 5.32 Å². The van der Waals surface area contributed by atoms with Gasteiger partial charge in [0.05, 0.1) is 15.1 Å². The van der Waals surface area contributed by atoms with Crippen LogP contribution in [0.1, 0.15) is 20.3 Å². The standard InChI is InChI=1S/C14H20Cl3NO2/c1-3-19-6-4-5-18-9-10(2)20-14-8-12(16)11(15)7-13(14)17/h7-8,10,18H,3-6,9H2,1-2H3. The van der Waals surface area contributed by atoms with Crippen LogP contribution in [-0.4, -0.2) is 32.4 Å². The molecular weight excluding hydrogens is 321 g/mol. The molecule has 20 heavy (non-hydrogen) atoms. The molecule has 0 spiro atoms. The summed E-state index contributed by atoms with van der Waals surface area (Å²) in [6, 6.07) is 3.22. The second-order valence-electron chi connectivity index (χ2n) is 4.38. The van der Waals surface area contributed by atoms with Crippen LogP contribution in [0, 0.1) is 0 Å². The van der Waals surface area contributed by atoms with Crippen molar-refractivity contribution in [3.05, 3.63) is 27.2 Å². The Bertz CT molecular complexity index is 416. The molecule has 6 heteroatoms. The predicted octanol–water partition coefficient (Wildman–Crippen LogP) is 4.43. The van der Waals surface area contributed by atoms with Gasteiger partial charge in [-0.15, -0.1) is 0 Å².